The van der Waals surface area contributed by atoms with Crippen molar-refractivity contribution in [2.75, 3.05) is 18.9 Å². The fourth-order valence-electron chi connectivity index (χ4n) is 1.80. The van der Waals surface area contributed by atoms with Gasteiger partial charge in [0.2, 0.25) is 0 Å². The molecule has 0 aromatic heterocycles. The number of hydrogen-bond donors (Lipinski definition) is 1. The Bertz CT molecular complexity index is 793. The lowest BCUT2D eigenvalue weighted by Crippen LogP contribution is -2.13. The zero-order chi connectivity index (χ0) is 16.3. The average Bonchev–Trinajstić information content (AvgIpc) is 2.49. The number of anilines is 1. The lowest BCUT2D eigenvalue weighted by molar-refractivity contribution is 0.355. The summed E-state index contributed by atoms with van der Waals surface area (Å²) in [5, 5.41) is 0.133. The van der Waals surface area contributed by atoms with E-state index in [0.717, 1.165) is 0 Å². The van der Waals surface area contributed by atoms with Gasteiger partial charge < -0.3 is 9.47 Å². The number of methoxy groups -OCH3 is 2. The molecule has 2 rings (SSSR count). The molecule has 0 aliphatic heterocycles. The average molecular weight is 362 g/mol. The molecule has 0 fully saturated rings. The summed E-state index contributed by atoms with van der Waals surface area (Å²) in [6.45, 7) is 0. The second-order valence-electron chi connectivity index (χ2n) is 4.23. The van der Waals surface area contributed by atoms with Gasteiger partial charge >= 0.3 is 0 Å². The Morgan fingerprint density at radius 1 is 1.00 bits per heavy atom. The van der Waals surface area contributed by atoms with Crippen molar-refractivity contribution in [3.05, 3.63) is 46.4 Å². The largest absolute Gasteiger partial charge is 0.493 e. The van der Waals surface area contributed by atoms with Crippen LogP contribution in [0, 0.1) is 0 Å². The molecule has 0 atom stereocenters. The maximum absolute atomic E-state index is 12.4. The molecular weight excluding hydrogens is 349 g/mol. The van der Waals surface area contributed by atoms with Crippen molar-refractivity contribution < 1.29 is 17.9 Å². The molecule has 0 bridgehead atoms. The molecule has 0 saturated heterocycles. The molecule has 0 heterocycles. The topological polar surface area (TPSA) is 64.6 Å². The highest BCUT2D eigenvalue weighted by Crippen LogP contribution is 2.33. The molecule has 0 radical (unpaired) electrons. The van der Waals surface area contributed by atoms with E-state index in [0.29, 0.717) is 17.2 Å². The predicted octanol–water partition coefficient (Wildman–Crippen LogP) is 3.81. The third kappa shape index (κ3) is 3.40. The van der Waals surface area contributed by atoms with Crippen LogP contribution in [0.3, 0.4) is 0 Å². The number of benzene rings is 2. The highest BCUT2D eigenvalue weighted by molar-refractivity contribution is 7.92. The van der Waals surface area contributed by atoms with Crippen LogP contribution >= 0.6 is 23.2 Å². The first-order valence-corrected chi connectivity index (χ1v) is 8.32. The Morgan fingerprint density at radius 2 is 1.68 bits per heavy atom. The number of ether oxygens (including phenoxy) is 2. The van der Waals surface area contributed by atoms with Gasteiger partial charge in [-0.15, -0.1) is 0 Å². The van der Waals surface area contributed by atoms with Gasteiger partial charge in [-0.2, -0.15) is 0 Å². The van der Waals surface area contributed by atoms with E-state index in [1.165, 1.54) is 38.5 Å². The molecule has 0 amide bonds. The van der Waals surface area contributed by atoms with Crippen LogP contribution in [0.1, 0.15) is 0 Å². The first-order chi connectivity index (χ1) is 10.4. The Labute approximate surface area is 138 Å². The van der Waals surface area contributed by atoms with Crippen molar-refractivity contribution >= 4 is 38.9 Å². The quantitative estimate of drug-likeness (QED) is 0.879. The van der Waals surface area contributed by atoms with Crippen molar-refractivity contribution in [3.63, 3.8) is 0 Å². The van der Waals surface area contributed by atoms with Crippen LogP contribution < -0.4 is 14.2 Å². The molecule has 2 aromatic carbocycles. The Hall–Kier alpha value is -1.63. The maximum Gasteiger partial charge on any atom is 0.263 e. The van der Waals surface area contributed by atoms with Crippen LogP contribution in [0.25, 0.3) is 0 Å². The SMILES string of the molecule is COc1ccc(NS(=O)(=O)c2cccc(Cl)c2Cl)cc1OC. The summed E-state index contributed by atoms with van der Waals surface area (Å²) in [6.07, 6.45) is 0. The fourth-order valence-corrected chi connectivity index (χ4v) is 3.61. The standard InChI is InChI=1S/C14H13Cl2NO4S/c1-20-11-7-6-9(8-12(11)21-2)17-22(18,19)13-5-3-4-10(15)14(13)16/h3-8,17H,1-2H3. The van der Waals surface area contributed by atoms with Gasteiger partial charge in [0.1, 0.15) is 4.90 Å². The maximum atomic E-state index is 12.4. The Morgan fingerprint density at radius 3 is 2.32 bits per heavy atom. The van der Waals surface area contributed by atoms with Gasteiger partial charge in [0.05, 0.1) is 30.0 Å². The summed E-state index contributed by atoms with van der Waals surface area (Å²) in [6, 6.07) is 9.05. The molecule has 0 aliphatic rings. The number of rotatable bonds is 5. The summed E-state index contributed by atoms with van der Waals surface area (Å²) >= 11 is 11.8. The smallest absolute Gasteiger partial charge is 0.263 e. The van der Waals surface area contributed by atoms with Crippen LogP contribution in [0.2, 0.25) is 10.0 Å². The molecule has 2 aromatic rings. The van der Waals surface area contributed by atoms with Gasteiger partial charge in [0.25, 0.3) is 10.0 Å². The molecule has 22 heavy (non-hydrogen) atoms. The van der Waals surface area contributed by atoms with Crippen LogP contribution in [-0.2, 0) is 10.0 Å². The van der Waals surface area contributed by atoms with Crippen molar-refractivity contribution in [1.29, 1.82) is 0 Å². The van der Waals surface area contributed by atoms with Gasteiger partial charge in [-0.1, -0.05) is 29.3 Å². The Balaban J connectivity index is 2.39. The van der Waals surface area contributed by atoms with Gasteiger partial charge in [-0.3, -0.25) is 4.72 Å². The van der Waals surface area contributed by atoms with Crippen LogP contribution in [0.15, 0.2) is 41.3 Å². The lowest BCUT2D eigenvalue weighted by Gasteiger charge is -2.12. The minimum Gasteiger partial charge on any atom is -0.493 e. The van der Waals surface area contributed by atoms with Crippen molar-refractivity contribution in [2.45, 2.75) is 4.90 Å². The summed E-state index contributed by atoms with van der Waals surface area (Å²) in [4.78, 5) is -0.101. The minimum absolute atomic E-state index is 0.0304. The van der Waals surface area contributed by atoms with E-state index in [2.05, 4.69) is 4.72 Å². The zero-order valence-electron chi connectivity index (χ0n) is 11.8. The third-order valence-corrected chi connectivity index (χ3v) is 5.20. The molecule has 118 valence electrons. The predicted molar refractivity (Wildman–Crippen MR) is 86.8 cm³/mol. The minimum atomic E-state index is -3.87. The van der Waals surface area contributed by atoms with Crippen LogP contribution in [-0.4, -0.2) is 22.6 Å². The summed E-state index contributed by atoms with van der Waals surface area (Å²) in [7, 11) is -0.918. The second kappa shape index (κ2) is 6.64. The zero-order valence-corrected chi connectivity index (χ0v) is 14.1. The van der Waals surface area contributed by atoms with Gasteiger partial charge in [-0.25, -0.2) is 8.42 Å². The normalized spacial score (nSPS) is 11.1. The third-order valence-electron chi connectivity index (χ3n) is 2.84. The number of sulfonamides is 1. The highest BCUT2D eigenvalue weighted by atomic mass is 35.5. The Kier molecular flexibility index (Phi) is 5.05. The van der Waals surface area contributed by atoms with E-state index in [-0.39, 0.29) is 14.9 Å². The molecule has 0 spiro atoms. The number of halogens is 2. The molecular formula is C14H13Cl2NO4S. The molecule has 0 aliphatic carbocycles. The summed E-state index contributed by atoms with van der Waals surface area (Å²) in [5.41, 5.74) is 0.314. The molecule has 0 unspecified atom stereocenters. The van der Waals surface area contributed by atoms with E-state index in [4.69, 9.17) is 32.7 Å². The van der Waals surface area contributed by atoms with E-state index in [1.807, 2.05) is 0 Å². The first-order valence-electron chi connectivity index (χ1n) is 6.08. The molecule has 8 heteroatoms. The lowest BCUT2D eigenvalue weighted by atomic mass is 10.3. The van der Waals surface area contributed by atoms with Gasteiger partial charge in [0.15, 0.2) is 11.5 Å². The number of hydrogen-bond acceptors (Lipinski definition) is 4. The molecule has 5 nitrogen and oxygen atoms in total. The monoisotopic (exact) mass is 361 g/mol. The van der Waals surface area contributed by atoms with Gasteiger partial charge in [0, 0.05) is 6.07 Å². The summed E-state index contributed by atoms with van der Waals surface area (Å²) in [5.74, 6) is 0.895. The van der Waals surface area contributed by atoms with Crippen molar-refractivity contribution in [1.82, 2.24) is 0 Å². The van der Waals surface area contributed by atoms with Crippen LogP contribution in [0.5, 0.6) is 11.5 Å². The molecule has 1 N–H and O–H groups in total. The summed E-state index contributed by atoms with van der Waals surface area (Å²) < 4.78 is 37.5. The first kappa shape index (κ1) is 16.7. The molecule has 0 saturated carbocycles. The second-order valence-corrected chi connectivity index (χ2v) is 6.66. The van der Waals surface area contributed by atoms with Crippen LogP contribution in [0.4, 0.5) is 5.69 Å². The van der Waals surface area contributed by atoms with Crippen molar-refractivity contribution in [3.8, 4) is 11.5 Å². The van der Waals surface area contributed by atoms with E-state index < -0.39 is 10.0 Å². The number of nitrogens with one attached hydrogen (secondary N) is 1. The highest BCUT2D eigenvalue weighted by Gasteiger charge is 2.20. The van der Waals surface area contributed by atoms with E-state index in [9.17, 15) is 8.42 Å². The fraction of sp³-hybridized carbons (Fsp3) is 0.143. The van der Waals surface area contributed by atoms with E-state index >= 15 is 0 Å². The van der Waals surface area contributed by atoms with Crippen molar-refractivity contribution in [2.24, 2.45) is 0 Å². The van der Waals surface area contributed by atoms with E-state index in [1.54, 1.807) is 12.1 Å². The van der Waals surface area contributed by atoms with Gasteiger partial charge in [-0.05, 0) is 24.3 Å².